The second kappa shape index (κ2) is 11.8. The average molecular weight is 272 g/mol. The summed E-state index contributed by atoms with van der Waals surface area (Å²) in [5, 5.41) is 23.9. The minimum atomic E-state index is -1.26. The topological polar surface area (TPSA) is 112 Å². The van der Waals surface area contributed by atoms with Crippen LogP contribution in [0.15, 0.2) is 48.6 Å². The summed E-state index contributed by atoms with van der Waals surface area (Å²) in [7, 11) is 0. The molecule has 20 heavy (non-hydrogen) atoms. The second-order valence-corrected chi connectivity index (χ2v) is 3.09. The van der Waals surface area contributed by atoms with E-state index in [0.29, 0.717) is 12.2 Å². The van der Waals surface area contributed by atoms with E-state index in [4.69, 9.17) is 15.3 Å². The Balaban J connectivity index is 0. The summed E-state index contributed by atoms with van der Waals surface area (Å²) in [5.41, 5.74) is 0.898. The molecule has 0 unspecified atom stereocenters. The Hall–Kier alpha value is -2.29. The van der Waals surface area contributed by atoms with Gasteiger partial charge in [0, 0.05) is 18.2 Å². The first kappa shape index (κ1) is 20.0. The minimum absolute atomic E-state index is 0. The number of benzene rings is 1. The van der Waals surface area contributed by atoms with Gasteiger partial charge in [-0.15, -0.1) is 0 Å². The number of aliphatic carboxylic acids is 3. The van der Waals surface area contributed by atoms with Crippen molar-refractivity contribution in [1.29, 1.82) is 0 Å². The quantitative estimate of drug-likeness (QED) is 0.553. The third-order valence-electron chi connectivity index (χ3n) is 1.59. The monoisotopic (exact) mass is 272 g/mol. The van der Waals surface area contributed by atoms with Crippen LogP contribution in [0.2, 0.25) is 0 Å². The summed E-state index contributed by atoms with van der Waals surface area (Å²) in [6, 6.07) is 9.31. The van der Waals surface area contributed by atoms with Gasteiger partial charge < -0.3 is 15.3 Å². The van der Waals surface area contributed by atoms with Crippen LogP contribution in [0.3, 0.4) is 0 Å². The van der Waals surface area contributed by atoms with Gasteiger partial charge in [-0.3, -0.25) is 0 Å². The predicted octanol–water partition coefficient (Wildman–Crippen LogP) is 0.848. The van der Waals surface area contributed by atoms with Gasteiger partial charge in [-0.1, -0.05) is 30.3 Å². The Bertz CT molecular complexity index is 477. The molecule has 0 fully saturated rings. The maximum absolute atomic E-state index is 10.1. The zero-order valence-corrected chi connectivity index (χ0v) is 9.76. The van der Waals surface area contributed by atoms with Gasteiger partial charge >= 0.3 is 36.8 Å². The molecule has 0 spiro atoms. The first-order valence-corrected chi connectivity index (χ1v) is 5.02. The van der Waals surface area contributed by atoms with Crippen LogP contribution >= 0.6 is 0 Å². The summed E-state index contributed by atoms with van der Waals surface area (Å²) in [6.07, 6.45) is 3.79. The van der Waals surface area contributed by atoms with Gasteiger partial charge in [0.05, 0.1) is 0 Å². The van der Waals surface area contributed by atoms with Crippen LogP contribution in [0.4, 0.5) is 0 Å². The Labute approximate surface area is 127 Å². The number of hydrogen-bond donors (Lipinski definition) is 3. The van der Waals surface area contributed by atoms with E-state index in [-0.39, 0.29) is 18.9 Å². The zero-order valence-electron chi connectivity index (χ0n) is 9.76. The molecule has 0 amide bonds. The maximum atomic E-state index is 10.1. The van der Waals surface area contributed by atoms with Crippen LogP contribution in [-0.4, -0.2) is 52.1 Å². The van der Waals surface area contributed by atoms with Gasteiger partial charge in [0.25, 0.3) is 0 Å². The van der Waals surface area contributed by atoms with Crippen LogP contribution in [0.25, 0.3) is 6.08 Å². The SMILES string of the molecule is O=C(O)/C=C\C(=O)O.O=C(O)C=Cc1ccccc1.[LiH]. The standard InChI is InChI=1S/C9H8O2.C4H4O4.Li.H/c10-9(11)7-6-8-4-2-1-3-5-8;5-3(6)1-2-4(7)8;;/h1-7H,(H,10,11);1-2H,(H,5,6)(H,7,8);;/b;2-1-;;. The van der Waals surface area contributed by atoms with Gasteiger partial charge in [-0.05, 0) is 11.6 Å². The van der Waals surface area contributed by atoms with Crippen LogP contribution in [0.1, 0.15) is 5.56 Å². The Morgan fingerprint density at radius 3 is 1.50 bits per heavy atom. The molecule has 0 radical (unpaired) electrons. The molecule has 0 aliphatic carbocycles. The Morgan fingerprint density at radius 2 is 1.15 bits per heavy atom. The molecule has 6 nitrogen and oxygen atoms in total. The van der Waals surface area contributed by atoms with Crippen molar-refractivity contribution < 1.29 is 29.7 Å². The van der Waals surface area contributed by atoms with Crippen LogP contribution in [-0.2, 0) is 14.4 Å². The van der Waals surface area contributed by atoms with Crippen LogP contribution in [0.5, 0.6) is 0 Å². The fraction of sp³-hybridized carbons (Fsp3) is 0. The van der Waals surface area contributed by atoms with Gasteiger partial charge in [0.15, 0.2) is 0 Å². The zero-order chi connectivity index (χ0) is 14.7. The molecule has 0 saturated heterocycles. The van der Waals surface area contributed by atoms with E-state index in [9.17, 15) is 14.4 Å². The molecule has 0 aromatic heterocycles. The van der Waals surface area contributed by atoms with Crippen molar-refractivity contribution in [2.24, 2.45) is 0 Å². The molecule has 0 aliphatic heterocycles. The fourth-order valence-electron chi connectivity index (χ4n) is 0.874. The van der Waals surface area contributed by atoms with E-state index in [1.165, 1.54) is 0 Å². The molecule has 0 atom stereocenters. The van der Waals surface area contributed by atoms with Gasteiger partial charge in [0.2, 0.25) is 0 Å². The number of rotatable bonds is 4. The molecular weight excluding hydrogens is 259 g/mol. The summed E-state index contributed by atoms with van der Waals surface area (Å²) < 4.78 is 0. The van der Waals surface area contributed by atoms with Crippen LogP contribution in [0, 0.1) is 0 Å². The van der Waals surface area contributed by atoms with E-state index >= 15 is 0 Å². The molecule has 7 heteroatoms. The van der Waals surface area contributed by atoms with Crippen molar-refractivity contribution in [1.82, 2.24) is 0 Å². The first-order chi connectivity index (χ1) is 8.91. The van der Waals surface area contributed by atoms with E-state index in [1.54, 1.807) is 6.08 Å². The van der Waals surface area contributed by atoms with Crippen molar-refractivity contribution in [3.63, 3.8) is 0 Å². The molecule has 1 aromatic carbocycles. The van der Waals surface area contributed by atoms with E-state index in [1.807, 2.05) is 30.3 Å². The van der Waals surface area contributed by atoms with Crippen molar-refractivity contribution in [2.75, 3.05) is 0 Å². The number of carbonyl (C=O) groups is 3. The summed E-state index contributed by atoms with van der Waals surface area (Å²) in [4.78, 5) is 29.2. The summed E-state index contributed by atoms with van der Waals surface area (Å²) in [5.74, 6) is -3.44. The van der Waals surface area contributed by atoms with Gasteiger partial charge in [-0.2, -0.15) is 0 Å². The molecular formula is C13H13LiO6. The molecule has 1 aromatic rings. The molecule has 3 N–H and O–H groups in total. The average Bonchev–Trinajstić information content (AvgIpc) is 2.36. The Morgan fingerprint density at radius 1 is 0.750 bits per heavy atom. The first-order valence-electron chi connectivity index (χ1n) is 5.02. The van der Waals surface area contributed by atoms with E-state index in [2.05, 4.69) is 0 Å². The second-order valence-electron chi connectivity index (χ2n) is 3.09. The van der Waals surface area contributed by atoms with Crippen molar-refractivity contribution >= 4 is 42.8 Å². The number of hydrogen-bond acceptors (Lipinski definition) is 3. The van der Waals surface area contributed by atoms with Gasteiger partial charge in [0.1, 0.15) is 0 Å². The molecule has 102 valence electrons. The normalized spacial score (nSPS) is 9.40. The summed E-state index contributed by atoms with van der Waals surface area (Å²) in [6.45, 7) is 0. The molecule has 1 rings (SSSR count). The molecule has 0 heterocycles. The molecule has 0 saturated carbocycles. The van der Waals surface area contributed by atoms with E-state index in [0.717, 1.165) is 11.6 Å². The number of carboxylic acid groups (broad SMARTS) is 3. The summed E-state index contributed by atoms with van der Waals surface area (Å²) >= 11 is 0. The number of carboxylic acids is 3. The molecule has 0 aliphatic rings. The van der Waals surface area contributed by atoms with Crippen LogP contribution < -0.4 is 0 Å². The van der Waals surface area contributed by atoms with E-state index < -0.39 is 17.9 Å². The third kappa shape index (κ3) is 13.8. The van der Waals surface area contributed by atoms with Gasteiger partial charge in [-0.25, -0.2) is 14.4 Å². The Kier molecular flexibility index (Phi) is 11.8. The predicted molar refractivity (Wildman–Crippen MR) is 74.7 cm³/mol. The third-order valence-corrected chi connectivity index (χ3v) is 1.59. The van der Waals surface area contributed by atoms with Crippen molar-refractivity contribution in [3.8, 4) is 0 Å². The fourth-order valence-corrected chi connectivity index (χ4v) is 0.874. The van der Waals surface area contributed by atoms with Crippen molar-refractivity contribution in [2.45, 2.75) is 0 Å². The van der Waals surface area contributed by atoms with Crippen molar-refractivity contribution in [3.05, 3.63) is 54.1 Å². The molecule has 0 bridgehead atoms.